The summed E-state index contributed by atoms with van der Waals surface area (Å²) in [6.45, 7) is 4.31. The van der Waals surface area contributed by atoms with E-state index in [1.165, 1.54) is 17.5 Å². The summed E-state index contributed by atoms with van der Waals surface area (Å²) in [5, 5.41) is 3.02. The molecule has 0 fully saturated rings. The van der Waals surface area contributed by atoms with Gasteiger partial charge in [-0.1, -0.05) is 0 Å². The van der Waals surface area contributed by atoms with Crippen LogP contribution in [0.4, 0.5) is 5.69 Å². The molecule has 2 N–H and O–H groups in total. The van der Waals surface area contributed by atoms with Gasteiger partial charge in [0.25, 0.3) is 10.0 Å². The number of sulfonamides is 1. The van der Waals surface area contributed by atoms with Crippen molar-refractivity contribution in [1.29, 1.82) is 0 Å². The van der Waals surface area contributed by atoms with Crippen LogP contribution in [0, 0.1) is 13.8 Å². The summed E-state index contributed by atoms with van der Waals surface area (Å²) in [5.74, 6) is 0. The Balaban J connectivity index is 2.33. The molecule has 2 aromatic rings. The Labute approximate surface area is 123 Å². The van der Waals surface area contributed by atoms with Crippen LogP contribution in [-0.4, -0.2) is 20.4 Å². The van der Waals surface area contributed by atoms with Gasteiger partial charge >= 0.3 is 0 Å². The van der Waals surface area contributed by atoms with Gasteiger partial charge < -0.3 is 5.32 Å². The topological polar surface area (TPSA) is 71.1 Å². The van der Waals surface area contributed by atoms with Gasteiger partial charge in [0, 0.05) is 22.5 Å². The second kappa shape index (κ2) is 5.90. The van der Waals surface area contributed by atoms with Gasteiger partial charge in [-0.3, -0.25) is 9.71 Å². The maximum Gasteiger partial charge on any atom is 0.263 e. The number of anilines is 1. The fourth-order valence-corrected chi connectivity index (χ4v) is 4.59. The summed E-state index contributed by atoms with van der Waals surface area (Å²) >= 11 is 1.48. The number of thiophene rings is 1. The number of pyridine rings is 1. The molecule has 5 nitrogen and oxygen atoms in total. The second-order valence-electron chi connectivity index (χ2n) is 4.46. The lowest BCUT2D eigenvalue weighted by Crippen LogP contribution is -2.14. The standard InChI is InChI=1S/C13H17N3O2S2/c1-9-4-5-15-8-12(9)16-20(17,18)13-6-11(7-14-3)19-10(13)2/h4-6,8,14,16H,7H2,1-3H3. The molecule has 0 aliphatic carbocycles. The highest BCUT2D eigenvalue weighted by atomic mass is 32.2. The highest BCUT2D eigenvalue weighted by Gasteiger charge is 2.20. The Morgan fingerprint density at radius 3 is 2.75 bits per heavy atom. The van der Waals surface area contributed by atoms with E-state index in [9.17, 15) is 8.42 Å². The molecule has 0 radical (unpaired) electrons. The maximum atomic E-state index is 12.4. The Morgan fingerprint density at radius 1 is 1.35 bits per heavy atom. The normalized spacial score (nSPS) is 11.6. The van der Waals surface area contributed by atoms with Gasteiger partial charge in [0.15, 0.2) is 0 Å². The van der Waals surface area contributed by atoms with Crippen LogP contribution >= 0.6 is 11.3 Å². The molecule has 0 spiro atoms. The minimum Gasteiger partial charge on any atom is -0.315 e. The van der Waals surface area contributed by atoms with E-state index in [4.69, 9.17) is 0 Å². The van der Waals surface area contributed by atoms with Crippen LogP contribution in [0.25, 0.3) is 0 Å². The van der Waals surface area contributed by atoms with Gasteiger partial charge in [0.05, 0.1) is 11.9 Å². The van der Waals surface area contributed by atoms with Crippen molar-refractivity contribution in [3.63, 3.8) is 0 Å². The first-order valence-corrected chi connectivity index (χ1v) is 8.41. The van der Waals surface area contributed by atoms with Crippen LogP contribution < -0.4 is 10.0 Å². The molecule has 2 aromatic heterocycles. The highest BCUT2D eigenvalue weighted by molar-refractivity contribution is 7.93. The first-order chi connectivity index (χ1) is 9.44. The van der Waals surface area contributed by atoms with Crippen LogP contribution in [0.1, 0.15) is 15.3 Å². The quantitative estimate of drug-likeness (QED) is 0.888. The molecule has 0 amide bonds. The third kappa shape index (κ3) is 3.17. The van der Waals surface area contributed by atoms with Crippen molar-refractivity contribution < 1.29 is 8.42 Å². The van der Waals surface area contributed by atoms with E-state index >= 15 is 0 Å². The predicted molar refractivity (Wildman–Crippen MR) is 81.6 cm³/mol. The number of nitrogens with zero attached hydrogens (tertiary/aromatic N) is 1. The molecule has 0 bridgehead atoms. The van der Waals surface area contributed by atoms with Crippen molar-refractivity contribution in [2.75, 3.05) is 11.8 Å². The monoisotopic (exact) mass is 311 g/mol. The first kappa shape index (κ1) is 15.0. The van der Waals surface area contributed by atoms with Crippen LogP contribution in [0.15, 0.2) is 29.4 Å². The average molecular weight is 311 g/mol. The van der Waals surface area contributed by atoms with E-state index < -0.39 is 10.0 Å². The second-order valence-corrected chi connectivity index (χ2v) is 7.45. The van der Waals surface area contributed by atoms with Gasteiger partial charge in [-0.2, -0.15) is 0 Å². The Hall–Kier alpha value is -1.44. The van der Waals surface area contributed by atoms with Gasteiger partial charge in [-0.15, -0.1) is 11.3 Å². The van der Waals surface area contributed by atoms with Crippen LogP contribution in [0.3, 0.4) is 0 Å². The molecular formula is C13H17N3O2S2. The molecule has 0 aromatic carbocycles. The Morgan fingerprint density at radius 2 is 2.10 bits per heavy atom. The summed E-state index contributed by atoms with van der Waals surface area (Å²) in [7, 11) is -1.74. The molecule has 20 heavy (non-hydrogen) atoms. The van der Waals surface area contributed by atoms with Crippen LogP contribution in [0.2, 0.25) is 0 Å². The average Bonchev–Trinajstić information content (AvgIpc) is 2.74. The molecule has 0 unspecified atom stereocenters. The molecule has 2 rings (SSSR count). The van der Waals surface area contributed by atoms with E-state index in [0.717, 1.165) is 15.3 Å². The molecule has 0 aliphatic rings. The zero-order valence-electron chi connectivity index (χ0n) is 11.6. The molecule has 2 heterocycles. The fraction of sp³-hybridized carbons (Fsp3) is 0.308. The van der Waals surface area contributed by atoms with Crippen molar-refractivity contribution >= 4 is 27.0 Å². The molecule has 0 aliphatic heterocycles. The zero-order valence-corrected chi connectivity index (χ0v) is 13.2. The van der Waals surface area contributed by atoms with Crippen molar-refractivity contribution in [2.24, 2.45) is 0 Å². The molecule has 0 saturated heterocycles. The van der Waals surface area contributed by atoms with Crippen molar-refractivity contribution in [3.05, 3.63) is 39.8 Å². The lowest BCUT2D eigenvalue weighted by Gasteiger charge is -2.09. The van der Waals surface area contributed by atoms with Gasteiger partial charge in [0.2, 0.25) is 0 Å². The molecule has 7 heteroatoms. The fourth-order valence-electron chi connectivity index (χ4n) is 1.82. The summed E-state index contributed by atoms with van der Waals surface area (Å²) in [6.07, 6.45) is 3.15. The largest absolute Gasteiger partial charge is 0.315 e. The summed E-state index contributed by atoms with van der Waals surface area (Å²) < 4.78 is 27.5. The first-order valence-electron chi connectivity index (χ1n) is 6.11. The summed E-state index contributed by atoms with van der Waals surface area (Å²) in [5.41, 5.74) is 1.35. The van der Waals surface area contributed by atoms with Crippen LogP contribution in [0.5, 0.6) is 0 Å². The van der Waals surface area contributed by atoms with Crippen molar-refractivity contribution in [2.45, 2.75) is 25.3 Å². The number of aromatic nitrogens is 1. The summed E-state index contributed by atoms with van der Waals surface area (Å²) in [6, 6.07) is 3.48. The lowest BCUT2D eigenvalue weighted by atomic mass is 10.3. The Bertz CT molecular complexity index is 708. The molecular weight excluding hydrogens is 294 g/mol. The van der Waals surface area contributed by atoms with Crippen LogP contribution in [-0.2, 0) is 16.6 Å². The number of hydrogen-bond acceptors (Lipinski definition) is 5. The SMILES string of the molecule is CNCc1cc(S(=O)(=O)Nc2cnccc2C)c(C)s1. The van der Waals surface area contributed by atoms with E-state index in [0.29, 0.717) is 17.1 Å². The van der Waals surface area contributed by atoms with Crippen molar-refractivity contribution in [3.8, 4) is 0 Å². The third-order valence-electron chi connectivity index (χ3n) is 2.85. The third-order valence-corrected chi connectivity index (χ3v) is 5.52. The number of aryl methyl sites for hydroxylation is 2. The smallest absolute Gasteiger partial charge is 0.263 e. The lowest BCUT2D eigenvalue weighted by molar-refractivity contribution is 0.601. The highest BCUT2D eigenvalue weighted by Crippen LogP contribution is 2.27. The van der Waals surface area contributed by atoms with Crippen molar-refractivity contribution in [1.82, 2.24) is 10.3 Å². The van der Waals surface area contributed by atoms with Gasteiger partial charge in [0.1, 0.15) is 4.90 Å². The minimum absolute atomic E-state index is 0.330. The van der Waals surface area contributed by atoms with E-state index in [1.54, 1.807) is 18.3 Å². The summed E-state index contributed by atoms with van der Waals surface area (Å²) in [4.78, 5) is 6.05. The number of nitrogens with one attached hydrogen (secondary N) is 2. The zero-order chi connectivity index (χ0) is 14.8. The number of rotatable bonds is 5. The minimum atomic E-state index is -3.57. The van der Waals surface area contributed by atoms with E-state index in [-0.39, 0.29) is 0 Å². The van der Waals surface area contributed by atoms with Gasteiger partial charge in [-0.05, 0) is 38.6 Å². The predicted octanol–water partition coefficient (Wildman–Crippen LogP) is 2.28. The molecule has 0 atom stereocenters. The molecule has 108 valence electrons. The van der Waals surface area contributed by atoms with E-state index in [2.05, 4.69) is 15.0 Å². The maximum absolute atomic E-state index is 12.4. The van der Waals surface area contributed by atoms with E-state index in [1.807, 2.05) is 20.9 Å². The molecule has 0 saturated carbocycles. The Kier molecular flexibility index (Phi) is 4.42. The van der Waals surface area contributed by atoms with Gasteiger partial charge in [-0.25, -0.2) is 8.42 Å². The number of hydrogen-bond donors (Lipinski definition) is 2.